The molecule has 0 aromatic rings. The Bertz CT molecular complexity index is 323. The van der Waals surface area contributed by atoms with E-state index in [0.29, 0.717) is 26.2 Å². The Kier molecular flexibility index (Phi) is 3.73. The number of rotatable bonds is 2. The fraction of sp³-hybridized carbons (Fsp3) is 0.818. The minimum Gasteiger partial charge on any atom is -0.387 e. The highest BCUT2D eigenvalue weighted by Gasteiger charge is 2.44. The van der Waals surface area contributed by atoms with Crippen molar-refractivity contribution in [2.24, 2.45) is 0 Å². The number of aliphatic hydroxyl groups is 1. The average Bonchev–Trinajstić information content (AvgIpc) is 2.34. The van der Waals surface area contributed by atoms with Gasteiger partial charge in [-0.05, 0) is 19.3 Å². The van der Waals surface area contributed by atoms with Crippen molar-refractivity contribution in [3.8, 4) is 0 Å². The van der Waals surface area contributed by atoms with Crippen LogP contribution >= 0.6 is 15.9 Å². The normalized spacial score (nSPS) is 23.2. The topological polar surface area (TPSA) is 60.9 Å². The number of hydrogen-bond donors (Lipinski definition) is 1. The molecule has 2 fully saturated rings. The van der Waals surface area contributed by atoms with E-state index in [1.165, 1.54) is 0 Å². The quantitative estimate of drug-likeness (QED) is 0.729. The molecule has 1 aliphatic carbocycles. The van der Waals surface area contributed by atoms with Crippen LogP contribution in [0.25, 0.3) is 0 Å². The number of halogens is 1. The van der Waals surface area contributed by atoms with Crippen LogP contribution < -0.4 is 0 Å². The largest absolute Gasteiger partial charge is 0.387 e. The smallest absolute Gasteiger partial charge is 0.248 e. The summed E-state index contributed by atoms with van der Waals surface area (Å²) in [5.74, 6) is -0.103. The maximum absolute atomic E-state index is 12.2. The van der Waals surface area contributed by atoms with E-state index in [-0.39, 0.29) is 16.1 Å². The summed E-state index contributed by atoms with van der Waals surface area (Å²) in [6, 6.07) is 0. The summed E-state index contributed by atoms with van der Waals surface area (Å²) in [5, 5.41) is 8.76. The van der Waals surface area contributed by atoms with Crippen LogP contribution in [-0.4, -0.2) is 63.8 Å². The van der Waals surface area contributed by atoms with E-state index in [4.69, 9.17) is 5.11 Å². The molecule has 2 aliphatic rings. The van der Waals surface area contributed by atoms with Crippen molar-refractivity contribution in [1.82, 2.24) is 9.80 Å². The summed E-state index contributed by atoms with van der Waals surface area (Å²) < 4.78 is -0.337. The van der Waals surface area contributed by atoms with E-state index in [2.05, 4.69) is 15.9 Å². The van der Waals surface area contributed by atoms with Crippen LogP contribution in [0.4, 0.5) is 0 Å². The maximum Gasteiger partial charge on any atom is 0.248 e. The minimum absolute atomic E-state index is 0.153. The van der Waals surface area contributed by atoms with Crippen molar-refractivity contribution >= 4 is 27.7 Å². The number of nitrogens with zero attached hydrogens (tertiary/aromatic N) is 2. The zero-order chi connectivity index (χ0) is 12.5. The standard InChI is InChI=1S/C11H17BrN2O3/c12-11(2-1-3-11)10(17)14-6-4-13(5-7-14)9(16)8-15/h15H,1-8H2. The van der Waals surface area contributed by atoms with Gasteiger partial charge in [0.2, 0.25) is 11.8 Å². The van der Waals surface area contributed by atoms with Crippen molar-refractivity contribution in [1.29, 1.82) is 0 Å². The molecule has 0 unspecified atom stereocenters. The lowest BCUT2D eigenvalue weighted by molar-refractivity contribution is -0.143. The molecule has 2 amide bonds. The summed E-state index contributed by atoms with van der Waals surface area (Å²) in [7, 11) is 0. The highest BCUT2D eigenvalue weighted by molar-refractivity contribution is 9.10. The number of amides is 2. The minimum atomic E-state index is -0.448. The van der Waals surface area contributed by atoms with E-state index in [0.717, 1.165) is 19.3 Å². The Morgan fingerprint density at radius 3 is 2.06 bits per heavy atom. The molecule has 6 heteroatoms. The van der Waals surface area contributed by atoms with Crippen molar-refractivity contribution in [2.75, 3.05) is 32.8 Å². The molecule has 1 saturated heterocycles. The van der Waals surface area contributed by atoms with Gasteiger partial charge < -0.3 is 14.9 Å². The molecular formula is C11H17BrN2O3. The molecule has 0 atom stereocenters. The molecule has 0 spiro atoms. The maximum atomic E-state index is 12.2. The Hall–Kier alpha value is -0.620. The second kappa shape index (κ2) is 4.94. The Morgan fingerprint density at radius 1 is 1.12 bits per heavy atom. The van der Waals surface area contributed by atoms with Gasteiger partial charge in [-0.2, -0.15) is 0 Å². The first-order valence-corrected chi connectivity index (χ1v) is 6.73. The summed E-state index contributed by atoms with van der Waals surface area (Å²) >= 11 is 3.51. The molecule has 96 valence electrons. The lowest BCUT2D eigenvalue weighted by Crippen LogP contribution is -2.56. The van der Waals surface area contributed by atoms with Crippen LogP contribution in [0.5, 0.6) is 0 Å². The fourth-order valence-electron chi connectivity index (χ4n) is 2.24. The molecule has 1 N–H and O–H groups in total. The van der Waals surface area contributed by atoms with Crippen LogP contribution in [0, 0.1) is 0 Å². The first-order chi connectivity index (χ1) is 8.07. The van der Waals surface area contributed by atoms with E-state index < -0.39 is 6.61 Å². The molecular weight excluding hydrogens is 288 g/mol. The predicted molar refractivity (Wildman–Crippen MR) is 65.8 cm³/mol. The number of hydrogen-bond acceptors (Lipinski definition) is 3. The zero-order valence-corrected chi connectivity index (χ0v) is 11.3. The molecule has 0 aromatic heterocycles. The van der Waals surface area contributed by atoms with Crippen molar-refractivity contribution in [2.45, 2.75) is 23.6 Å². The molecule has 17 heavy (non-hydrogen) atoms. The van der Waals surface area contributed by atoms with Gasteiger partial charge >= 0.3 is 0 Å². The van der Waals surface area contributed by atoms with Gasteiger partial charge in [-0.3, -0.25) is 9.59 Å². The first kappa shape index (κ1) is 12.8. The summed E-state index contributed by atoms with van der Waals surface area (Å²) in [6.45, 7) is 1.73. The molecule has 2 rings (SSSR count). The molecule has 0 aromatic carbocycles. The number of aliphatic hydroxyl groups excluding tert-OH is 1. The van der Waals surface area contributed by atoms with E-state index >= 15 is 0 Å². The van der Waals surface area contributed by atoms with Gasteiger partial charge in [0, 0.05) is 26.2 Å². The fourth-order valence-corrected chi connectivity index (χ4v) is 3.05. The molecule has 1 aliphatic heterocycles. The number of piperazine rings is 1. The number of carbonyl (C=O) groups excluding carboxylic acids is 2. The second-order valence-electron chi connectivity index (χ2n) is 4.65. The van der Waals surface area contributed by atoms with Crippen LogP contribution in [0.15, 0.2) is 0 Å². The Labute approximate surface area is 109 Å². The van der Waals surface area contributed by atoms with Crippen LogP contribution in [0.1, 0.15) is 19.3 Å². The van der Waals surface area contributed by atoms with Crippen molar-refractivity contribution < 1.29 is 14.7 Å². The highest BCUT2D eigenvalue weighted by atomic mass is 79.9. The molecule has 1 saturated carbocycles. The van der Waals surface area contributed by atoms with Gasteiger partial charge in [-0.15, -0.1) is 0 Å². The van der Waals surface area contributed by atoms with Gasteiger partial charge in [0.05, 0.1) is 0 Å². The van der Waals surface area contributed by atoms with E-state index in [1.807, 2.05) is 4.90 Å². The van der Waals surface area contributed by atoms with Crippen LogP contribution in [0.3, 0.4) is 0 Å². The van der Waals surface area contributed by atoms with E-state index in [9.17, 15) is 9.59 Å². The van der Waals surface area contributed by atoms with Gasteiger partial charge in [0.1, 0.15) is 10.9 Å². The van der Waals surface area contributed by atoms with Crippen molar-refractivity contribution in [3.05, 3.63) is 0 Å². The second-order valence-corrected chi connectivity index (χ2v) is 6.17. The molecule has 0 bridgehead atoms. The SMILES string of the molecule is O=C(CO)N1CCN(C(=O)C2(Br)CCC2)CC1. The predicted octanol–water partition coefficient (Wildman–Crippen LogP) is -0.0329. The third-order valence-corrected chi connectivity index (χ3v) is 4.72. The molecule has 1 heterocycles. The van der Waals surface area contributed by atoms with Crippen LogP contribution in [0.2, 0.25) is 0 Å². The van der Waals surface area contributed by atoms with Crippen molar-refractivity contribution in [3.63, 3.8) is 0 Å². The number of carbonyl (C=O) groups is 2. The highest BCUT2D eigenvalue weighted by Crippen LogP contribution is 2.41. The lowest BCUT2D eigenvalue weighted by Gasteiger charge is -2.42. The summed E-state index contributed by atoms with van der Waals surface area (Å²) in [5.41, 5.74) is 0. The molecule has 5 nitrogen and oxygen atoms in total. The zero-order valence-electron chi connectivity index (χ0n) is 9.69. The summed E-state index contributed by atoms with van der Waals surface area (Å²) in [6.07, 6.45) is 2.91. The Morgan fingerprint density at radius 2 is 1.65 bits per heavy atom. The monoisotopic (exact) mass is 304 g/mol. The van der Waals surface area contributed by atoms with Gasteiger partial charge in [-0.1, -0.05) is 15.9 Å². The third-order valence-electron chi connectivity index (χ3n) is 3.58. The van der Waals surface area contributed by atoms with Gasteiger partial charge in [0.25, 0.3) is 0 Å². The van der Waals surface area contributed by atoms with Gasteiger partial charge in [-0.25, -0.2) is 0 Å². The van der Waals surface area contributed by atoms with E-state index in [1.54, 1.807) is 4.90 Å². The summed E-state index contributed by atoms with van der Waals surface area (Å²) in [4.78, 5) is 26.9. The van der Waals surface area contributed by atoms with Gasteiger partial charge in [0.15, 0.2) is 0 Å². The van der Waals surface area contributed by atoms with Crippen LogP contribution in [-0.2, 0) is 9.59 Å². The Balaban J connectivity index is 1.86. The average molecular weight is 305 g/mol. The lowest BCUT2D eigenvalue weighted by atomic mass is 9.84. The molecule has 0 radical (unpaired) electrons. The third kappa shape index (κ3) is 2.47. The first-order valence-electron chi connectivity index (χ1n) is 5.94. The number of alkyl halides is 1.